The zero-order valence-electron chi connectivity index (χ0n) is 18.2. The van der Waals surface area contributed by atoms with Crippen molar-refractivity contribution in [1.82, 2.24) is 9.80 Å². The number of allylic oxidation sites excluding steroid dienone is 2. The van der Waals surface area contributed by atoms with Crippen LogP contribution in [0.2, 0.25) is 0 Å². The van der Waals surface area contributed by atoms with E-state index in [1.165, 1.54) is 56.4 Å². The highest BCUT2D eigenvalue weighted by Gasteiger charge is 2.37. The highest BCUT2D eigenvalue weighted by atomic mass is 15.2. The Morgan fingerprint density at radius 2 is 1.50 bits per heavy atom. The Bertz CT molecular complexity index is 807. The smallest absolute Gasteiger partial charge is 0.0236 e. The second kappa shape index (κ2) is 9.49. The topological polar surface area (TPSA) is 6.48 Å². The van der Waals surface area contributed by atoms with E-state index in [0.29, 0.717) is 6.04 Å². The van der Waals surface area contributed by atoms with Crippen molar-refractivity contribution in [2.75, 3.05) is 26.2 Å². The number of rotatable bonds is 8. The highest BCUT2D eigenvalue weighted by Crippen LogP contribution is 2.43. The first-order valence-corrected chi connectivity index (χ1v) is 12.1. The van der Waals surface area contributed by atoms with Gasteiger partial charge in [-0.3, -0.25) is 4.90 Å². The molecule has 0 N–H and O–H groups in total. The van der Waals surface area contributed by atoms with Gasteiger partial charge in [-0.2, -0.15) is 0 Å². The predicted molar refractivity (Wildman–Crippen MR) is 125 cm³/mol. The van der Waals surface area contributed by atoms with E-state index in [4.69, 9.17) is 0 Å². The molecule has 5 rings (SSSR count). The molecule has 1 aliphatic heterocycles. The van der Waals surface area contributed by atoms with E-state index < -0.39 is 0 Å². The number of likely N-dealkylation sites (tertiary alicyclic amines) is 1. The number of piperidine rings is 1. The molecule has 3 aliphatic rings. The van der Waals surface area contributed by atoms with Crippen LogP contribution in [0.5, 0.6) is 0 Å². The van der Waals surface area contributed by atoms with Gasteiger partial charge in [0.25, 0.3) is 0 Å². The van der Waals surface area contributed by atoms with Crippen LogP contribution in [0.3, 0.4) is 0 Å². The molecular weight excluding hydrogens is 364 g/mol. The molecular formula is C28H36N2. The van der Waals surface area contributed by atoms with Crippen molar-refractivity contribution < 1.29 is 0 Å². The number of hydrogen-bond acceptors (Lipinski definition) is 2. The molecule has 1 heterocycles. The van der Waals surface area contributed by atoms with E-state index in [1.54, 1.807) is 0 Å². The Morgan fingerprint density at radius 1 is 0.800 bits per heavy atom. The molecule has 0 spiro atoms. The Hall–Kier alpha value is -1.90. The molecule has 2 aromatic rings. The first kappa shape index (κ1) is 20.0. The van der Waals surface area contributed by atoms with Gasteiger partial charge in [-0.1, -0.05) is 72.8 Å². The Balaban J connectivity index is 1.18. The van der Waals surface area contributed by atoms with Gasteiger partial charge in [-0.05, 0) is 74.1 Å². The SMILES string of the molecule is C1=C[C@H]2C[C@H]1C[C@H]2CN1CCC(N(CCc2ccccc2)Cc2ccccc2)CC1. The molecule has 2 nitrogen and oxygen atoms in total. The number of hydrogen-bond donors (Lipinski definition) is 0. The summed E-state index contributed by atoms with van der Waals surface area (Å²) in [6, 6.07) is 22.8. The molecule has 0 unspecified atom stereocenters. The van der Waals surface area contributed by atoms with Crippen LogP contribution in [0.1, 0.15) is 36.8 Å². The number of fused-ring (bicyclic) bond motifs is 2. The Labute approximate surface area is 182 Å². The van der Waals surface area contributed by atoms with Crippen molar-refractivity contribution >= 4 is 0 Å². The van der Waals surface area contributed by atoms with Gasteiger partial charge >= 0.3 is 0 Å². The lowest BCUT2D eigenvalue weighted by molar-refractivity contribution is 0.0916. The normalized spacial score (nSPS) is 26.6. The summed E-state index contributed by atoms with van der Waals surface area (Å²) in [4.78, 5) is 5.54. The third-order valence-electron chi connectivity index (χ3n) is 7.74. The average Bonchev–Trinajstić information content (AvgIpc) is 3.42. The standard InChI is InChI=1S/C28H36N2/c1-3-7-23(8-4-1)13-18-30(21-24-9-5-2-6-10-24)28-14-16-29(17-15-28)22-27-20-25-11-12-26(27)19-25/h1-12,25-28H,13-22H2/t25-,26-,27-/m0/s1. The summed E-state index contributed by atoms with van der Waals surface area (Å²) in [5.41, 5.74) is 2.90. The molecule has 2 heteroatoms. The summed E-state index contributed by atoms with van der Waals surface area (Å²) in [7, 11) is 0. The molecule has 30 heavy (non-hydrogen) atoms. The highest BCUT2D eigenvalue weighted by molar-refractivity contribution is 5.17. The first-order chi connectivity index (χ1) is 14.8. The molecule has 0 radical (unpaired) electrons. The van der Waals surface area contributed by atoms with Crippen molar-refractivity contribution in [1.29, 1.82) is 0 Å². The van der Waals surface area contributed by atoms with Gasteiger partial charge in [0.2, 0.25) is 0 Å². The third kappa shape index (κ3) is 4.87. The molecule has 2 fully saturated rings. The van der Waals surface area contributed by atoms with E-state index in [2.05, 4.69) is 82.6 Å². The van der Waals surface area contributed by atoms with Gasteiger partial charge in [0.15, 0.2) is 0 Å². The molecule has 0 amide bonds. The lowest BCUT2D eigenvalue weighted by Crippen LogP contribution is -2.46. The summed E-state index contributed by atoms with van der Waals surface area (Å²) in [6.45, 7) is 6.12. The molecule has 3 atom stereocenters. The second-order valence-corrected chi connectivity index (χ2v) is 9.76. The quantitative estimate of drug-likeness (QED) is 0.547. The minimum absolute atomic E-state index is 0.713. The van der Waals surface area contributed by atoms with Crippen LogP contribution in [-0.4, -0.2) is 42.0 Å². The number of nitrogens with zero attached hydrogens (tertiary/aromatic N) is 2. The van der Waals surface area contributed by atoms with Gasteiger partial charge in [0, 0.05) is 25.7 Å². The van der Waals surface area contributed by atoms with Crippen molar-refractivity contribution in [3.8, 4) is 0 Å². The maximum Gasteiger partial charge on any atom is 0.0236 e. The molecule has 2 bridgehead atoms. The minimum Gasteiger partial charge on any atom is -0.303 e. The third-order valence-corrected chi connectivity index (χ3v) is 7.74. The first-order valence-electron chi connectivity index (χ1n) is 12.1. The van der Waals surface area contributed by atoms with E-state index in [9.17, 15) is 0 Å². The maximum absolute atomic E-state index is 2.77. The Kier molecular flexibility index (Phi) is 6.34. The van der Waals surface area contributed by atoms with Crippen LogP contribution in [0.4, 0.5) is 0 Å². The number of benzene rings is 2. The monoisotopic (exact) mass is 400 g/mol. The maximum atomic E-state index is 2.77. The molecule has 1 saturated carbocycles. The zero-order chi connectivity index (χ0) is 20.2. The van der Waals surface area contributed by atoms with Crippen molar-refractivity contribution in [3.63, 3.8) is 0 Å². The van der Waals surface area contributed by atoms with E-state index in [1.807, 2.05) is 0 Å². The summed E-state index contributed by atoms with van der Waals surface area (Å²) < 4.78 is 0. The van der Waals surface area contributed by atoms with Crippen LogP contribution in [0.15, 0.2) is 72.8 Å². The van der Waals surface area contributed by atoms with Gasteiger partial charge < -0.3 is 4.90 Å². The summed E-state index contributed by atoms with van der Waals surface area (Å²) in [6.07, 6.45) is 11.6. The molecule has 2 aromatic carbocycles. The predicted octanol–water partition coefficient (Wildman–Crippen LogP) is 5.41. The Morgan fingerprint density at radius 3 is 2.13 bits per heavy atom. The molecule has 158 valence electrons. The van der Waals surface area contributed by atoms with Crippen molar-refractivity contribution in [2.45, 2.75) is 44.7 Å². The zero-order valence-corrected chi connectivity index (χ0v) is 18.2. The van der Waals surface area contributed by atoms with Gasteiger partial charge in [0.05, 0.1) is 0 Å². The lowest BCUT2D eigenvalue weighted by atomic mass is 9.92. The fourth-order valence-electron chi connectivity index (χ4n) is 6.03. The second-order valence-electron chi connectivity index (χ2n) is 9.76. The van der Waals surface area contributed by atoms with Crippen molar-refractivity contribution in [3.05, 3.63) is 83.9 Å². The summed E-state index contributed by atoms with van der Waals surface area (Å²) in [5.74, 6) is 2.71. The molecule has 2 aliphatic carbocycles. The summed E-state index contributed by atoms with van der Waals surface area (Å²) >= 11 is 0. The largest absolute Gasteiger partial charge is 0.303 e. The summed E-state index contributed by atoms with van der Waals surface area (Å²) in [5, 5.41) is 0. The van der Waals surface area contributed by atoms with E-state index >= 15 is 0 Å². The minimum atomic E-state index is 0.713. The van der Waals surface area contributed by atoms with E-state index in [-0.39, 0.29) is 0 Å². The van der Waals surface area contributed by atoms with Crippen molar-refractivity contribution in [2.24, 2.45) is 17.8 Å². The van der Waals surface area contributed by atoms with E-state index in [0.717, 1.165) is 37.3 Å². The van der Waals surface area contributed by atoms with Crippen LogP contribution >= 0.6 is 0 Å². The van der Waals surface area contributed by atoms with Gasteiger partial charge in [0.1, 0.15) is 0 Å². The fraction of sp³-hybridized carbons (Fsp3) is 0.500. The average molecular weight is 401 g/mol. The van der Waals surface area contributed by atoms with Crippen LogP contribution < -0.4 is 0 Å². The lowest BCUT2D eigenvalue weighted by Gasteiger charge is -2.40. The molecule has 1 saturated heterocycles. The van der Waals surface area contributed by atoms with Crippen LogP contribution in [-0.2, 0) is 13.0 Å². The van der Waals surface area contributed by atoms with Gasteiger partial charge in [-0.25, -0.2) is 0 Å². The fourth-order valence-corrected chi connectivity index (χ4v) is 6.03. The van der Waals surface area contributed by atoms with Crippen LogP contribution in [0.25, 0.3) is 0 Å². The molecule has 0 aromatic heterocycles. The van der Waals surface area contributed by atoms with Crippen LogP contribution in [0, 0.1) is 17.8 Å². The van der Waals surface area contributed by atoms with Gasteiger partial charge in [-0.15, -0.1) is 0 Å².